The summed E-state index contributed by atoms with van der Waals surface area (Å²) in [5, 5.41) is 15.1. The van der Waals surface area contributed by atoms with E-state index >= 15 is 0 Å². The number of aliphatic hydroxyl groups excluding tert-OH is 1. The fourth-order valence-corrected chi connectivity index (χ4v) is 7.73. The molecule has 8 heteroatoms. The summed E-state index contributed by atoms with van der Waals surface area (Å²) in [6, 6.07) is 4.66. The summed E-state index contributed by atoms with van der Waals surface area (Å²) in [6.45, 7) is 32.7. The summed E-state index contributed by atoms with van der Waals surface area (Å²) in [5.74, 6) is -1.01. The highest BCUT2D eigenvalue weighted by molar-refractivity contribution is 6.42. The van der Waals surface area contributed by atoms with Crippen molar-refractivity contribution < 1.29 is 19.5 Å². The summed E-state index contributed by atoms with van der Waals surface area (Å²) < 4.78 is 0. The van der Waals surface area contributed by atoms with Crippen molar-refractivity contribution in [1.29, 1.82) is 0 Å². The molecule has 2 amide bonds. The van der Waals surface area contributed by atoms with Crippen LogP contribution in [0, 0.1) is 16.2 Å². The standard InChI is InChI=1S/C42H58N4O4/c1-21(2)45-23(5)41(13,14)27-17-25(29(19-31(27)45)43-37(49)39(7,8)9)33-35(47)34(36(33)48)26-18-28-32(20-30(26)44-38(50)40(10,11)12)46(22(3)4)24(6)42(28,15)16/h17-24,47H,1-16H3,(H,43,49). The number of allylic oxidation sites excluding steroid dienone is 6. The van der Waals surface area contributed by atoms with Crippen molar-refractivity contribution in [2.45, 2.75) is 140 Å². The van der Waals surface area contributed by atoms with E-state index in [1.54, 1.807) is 0 Å². The van der Waals surface area contributed by atoms with E-state index in [1.165, 1.54) is 0 Å². The molecule has 2 unspecified atom stereocenters. The number of carbonyl (C=O) groups is 3. The first-order valence-electron chi connectivity index (χ1n) is 18.1. The van der Waals surface area contributed by atoms with Gasteiger partial charge in [-0.15, -0.1) is 0 Å². The second kappa shape index (κ2) is 11.8. The molecule has 5 rings (SSSR count). The Bertz CT molecular complexity index is 1850. The summed E-state index contributed by atoms with van der Waals surface area (Å²) in [7, 11) is 0. The van der Waals surface area contributed by atoms with Gasteiger partial charge in [0.25, 0.3) is 5.91 Å². The van der Waals surface area contributed by atoms with Gasteiger partial charge in [0.05, 0.1) is 22.5 Å². The molecule has 2 N–H and O–H groups in total. The number of ketones is 1. The minimum Gasteiger partial charge on any atom is -0.506 e. The van der Waals surface area contributed by atoms with Crippen LogP contribution in [-0.2, 0) is 19.8 Å². The summed E-state index contributed by atoms with van der Waals surface area (Å²) >= 11 is 0. The van der Waals surface area contributed by atoms with Crippen molar-refractivity contribution in [2.24, 2.45) is 21.2 Å². The predicted molar refractivity (Wildman–Crippen MR) is 204 cm³/mol. The Morgan fingerprint density at radius 3 is 1.90 bits per heavy atom. The first-order chi connectivity index (χ1) is 22.7. The largest absolute Gasteiger partial charge is 0.506 e. The number of hydrogen-bond donors (Lipinski definition) is 2. The fourth-order valence-electron chi connectivity index (χ4n) is 7.73. The normalized spacial score (nSPS) is 25.2. The molecule has 8 nitrogen and oxygen atoms in total. The molecule has 0 spiro atoms. The van der Waals surface area contributed by atoms with Gasteiger partial charge in [0.2, 0.25) is 11.7 Å². The van der Waals surface area contributed by atoms with E-state index in [-0.39, 0.29) is 69.5 Å². The highest BCUT2D eigenvalue weighted by Gasteiger charge is 2.49. The van der Waals surface area contributed by atoms with Crippen LogP contribution in [0.5, 0.6) is 0 Å². The molecule has 2 atom stereocenters. The predicted octanol–water partition coefficient (Wildman–Crippen LogP) is 8.69. The fraction of sp³-hybridized carbons (Fsp3) is 0.571. The molecule has 1 fully saturated rings. The van der Waals surface area contributed by atoms with Gasteiger partial charge in [0, 0.05) is 68.3 Å². The number of nitrogens with one attached hydrogen (secondary N) is 1. The number of anilines is 2. The Labute approximate surface area is 299 Å². The van der Waals surface area contributed by atoms with Crippen molar-refractivity contribution in [3.05, 3.63) is 63.6 Å². The number of rotatable bonds is 4. The smallest absolute Gasteiger partial charge is 0.251 e. The number of fused-ring (bicyclic) bond motifs is 2. The van der Waals surface area contributed by atoms with Gasteiger partial charge in [-0.1, -0.05) is 69.2 Å². The minimum atomic E-state index is -0.740. The lowest BCUT2D eigenvalue weighted by Crippen LogP contribution is -2.42. The molecule has 4 aliphatic rings. The quantitative estimate of drug-likeness (QED) is 0.308. The SMILES string of the molecule is CC(C)N1C2=CC(=NC(=O)C(C)(C)C)C(=C3C(=O)C(c4cc5c(cc4NC(=O)C(C)(C)C)N(C(C)C)C(C)C5(C)C)=C3O)C=C2C(C)(C)C1C. The van der Waals surface area contributed by atoms with Crippen molar-refractivity contribution in [3.8, 4) is 0 Å². The maximum absolute atomic E-state index is 14.5. The molecular formula is C42H58N4O4. The average Bonchev–Trinajstić information content (AvgIpc) is 3.29. The topological polar surface area (TPSA) is 102 Å². The van der Waals surface area contributed by atoms with Crippen LogP contribution in [0.1, 0.15) is 122 Å². The van der Waals surface area contributed by atoms with Gasteiger partial charge in [-0.3, -0.25) is 14.4 Å². The monoisotopic (exact) mass is 682 g/mol. The van der Waals surface area contributed by atoms with E-state index in [0.29, 0.717) is 22.5 Å². The van der Waals surface area contributed by atoms with Crippen molar-refractivity contribution >= 4 is 40.3 Å². The summed E-state index contributed by atoms with van der Waals surface area (Å²) in [4.78, 5) is 50.6. The highest BCUT2D eigenvalue weighted by Crippen LogP contribution is 2.53. The molecule has 0 aromatic heterocycles. The van der Waals surface area contributed by atoms with E-state index in [9.17, 15) is 19.5 Å². The van der Waals surface area contributed by atoms with Gasteiger partial charge < -0.3 is 20.2 Å². The number of amides is 2. The Balaban J connectivity index is 1.78. The number of nitrogens with zero attached hydrogens (tertiary/aromatic N) is 3. The van der Waals surface area contributed by atoms with Crippen molar-refractivity contribution in [3.63, 3.8) is 0 Å². The van der Waals surface area contributed by atoms with Gasteiger partial charge in [-0.25, -0.2) is 4.99 Å². The average molecular weight is 683 g/mol. The summed E-state index contributed by atoms with van der Waals surface area (Å²) in [5.41, 5.74) is 4.20. The molecule has 0 bridgehead atoms. The van der Waals surface area contributed by atoms with E-state index in [2.05, 4.69) is 89.3 Å². The van der Waals surface area contributed by atoms with E-state index in [4.69, 9.17) is 0 Å². The Morgan fingerprint density at radius 1 is 0.840 bits per heavy atom. The van der Waals surface area contributed by atoms with Gasteiger partial charge in [-0.05, 0) is 77.0 Å². The third-order valence-electron chi connectivity index (χ3n) is 11.5. The zero-order chi connectivity index (χ0) is 37.8. The third kappa shape index (κ3) is 5.67. The third-order valence-corrected chi connectivity index (χ3v) is 11.5. The van der Waals surface area contributed by atoms with Gasteiger partial charge in [-0.2, -0.15) is 0 Å². The molecule has 2 heterocycles. The van der Waals surface area contributed by atoms with Crippen LogP contribution in [0.2, 0.25) is 0 Å². The highest BCUT2D eigenvalue weighted by atomic mass is 16.3. The zero-order valence-electron chi connectivity index (χ0n) is 33.1. The molecule has 1 saturated heterocycles. The first kappa shape index (κ1) is 37.3. The van der Waals surface area contributed by atoms with Crippen LogP contribution in [0.3, 0.4) is 0 Å². The van der Waals surface area contributed by atoms with Crippen LogP contribution in [-0.4, -0.2) is 57.5 Å². The van der Waals surface area contributed by atoms with Crippen LogP contribution in [0.4, 0.5) is 11.4 Å². The molecule has 0 saturated carbocycles. The number of carbonyl (C=O) groups excluding carboxylic acids is 3. The molecule has 2 aliphatic heterocycles. The Morgan fingerprint density at radius 2 is 1.40 bits per heavy atom. The van der Waals surface area contributed by atoms with Gasteiger partial charge >= 0.3 is 0 Å². The van der Waals surface area contributed by atoms with E-state index < -0.39 is 10.8 Å². The number of likely N-dealkylation sites (tertiary alicyclic amines) is 1. The minimum absolute atomic E-state index is 0.139. The molecule has 50 heavy (non-hydrogen) atoms. The lowest BCUT2D eigenvalue weighted by atomic mass is 9.73. The van der Waals surface area contributed by atoms with E-state index in [0.717, 1.165) is 22.5 Å². The number of hydrogen-bond acceptors (Lipinski definition) is 6. The molecule has 270 valence electrons. The van der Waals surface area contributed by atoms with Gasteiger partial charge in [0.1, 0.15) is 5.76 Å². The number of Topliss-reactive ketones (excluding diaryl/α,β-unsaturated/α-hetero) is 1. The number of aliphatic hydroxyl groups is 1. The van der Waals surface area contributed by atoms with E-state index in [1.807, 2.05) is 65.8 Å². The lowest BCUT2D eigenvalue weighted by molar-refractivity contribution is -0.125. The van der Waals surface area contributed by atoms with Crippen LogP contribution in [0.25, 0.3) is 5.57 Å². The first-order valence-corrected chi connectivity index (χ1v) is 18.1. The molecular weight excluding hydrogens is 624 g/mol. The lowest BCUT2D eigenvalue weighted by Gasteiger charge is -2.34. The number of benzene rings is 1. The van der Waals surface area contributed by atoms with Crippen LogP contribution < -0.4 is 10.2 Å². The molecule has 0 radical (unpaired) electrons. The second-order valence-corrected chi connectivity index (χ2v) is 18.4. The number of aliphatic imine (C=N–C) groups is 1. The zero-order valence-corrected chi connectivity index (χ0v) is 33.1. The van der Waals surface area contributed by atoms with Crippen LogP contribution >= 0.6 is 0 Å². The van der Waals surface area contributed by atoms with Gasteiger partial charge in [0.15, 0.2) is 0 Å². The Hall–Kier alpha value is -3.94. The van der Waals surface area contributed by atoms with Crippen LogP contribution in [0.15, 0.2) is 57.5 Å². The van der Waals surface area contributed by atoms with Crippen molar-refractivity contribution in [1.82, 2.24) is 4.90 Å². The maximum atomic E-state index is 14.5. The van der Waals surface area contributed by atoms with Crippen molar-refractivity contribution in [2.75, 3.05) is 10.2 Å². The summed E-state index contributed by atoms with van der Waals surface area (Å²) in [6.07, 6.45) is 3.87. The molecule has 2 aliphatic carbocycles. The molecule has 1 aromatic carbocycles. The maximum Gasteiger partial charge on any atom is 0.251 e. The Kier molecular flexibility index (Phi) is 8.82. The second-order valence-electron chi connectivity index (χ2n) is 18.4. The molecule has 1 aromatic rings.